The highest BCUT2D eigenvalue weighted by atomic mass is 16.3. The lowest BCUT2D eigenvalue weighted by Gasteiger charge is -2.09. The number of benzene rings is 1. The number of nitrogens with one attached hydrogen (secondary N) is 2. The van der Waals surface area contributed by atoms with Gasteiger partial charge in [0.25, 0.3) is 5.91 Å². The molecule has 1 rings (SSSR count). The predicted molar refractivity (Wildman–Crippen MR) is 55.2 cm³/mol. The standard InChI is InChI=1S/C10H14N2O2/c1-2-11-9-6-4-3-5-8(9)10(14)12-7-13/h3-6,11,13H,2,7H2,1H3,(H,12,14). The number of hydrogen-bond donors (Lipinski definition) is 3. The van der Waals surface area contributed by atoms with Crippen molar-refractivity contribution in [1.29, 1.82) is 0 Å². The van der Waals surface area contributed by atoms with Gasteiger partial charge in [-0.2, -0.15) is 0 Å². The summed E-state index contributed by atoms with van der Waals surface area (Å²) < 4.78 is 0. The molecule has 0 heterocycles. The zero-order valence-corrected chi connectivity index (χ0v) is 8.08. The van der Waals surface area contributed by atoms with Gasteiger partial charge in [0.2, 0.25) is 0 Å². The summed E-state index contributed by atoms with van der Waals surface area (Å²) in [5, 5.41) is 14.0. The molecule has 76 valence electrons. The Morgan fingerprint density at radius 3 is 2.79 bits per heavy atom. The molecule has 0 aliphatic carbocycles. The second-order valence-electron chi connectivity index (χ2n) is 2.74. The average molecular weight is 194 g/mol. The van der Waals surface area contributed by atoms with Crippen LogP contribution in [0.1, 0.15) is 17.3 Å². The van der Waals surface area contributed by atoms with E-state index in [1.807, 2.05) is 19.1 Å². The summed E-state index contributed by atoms with van der Waals surface area (Å²) in [7, 11) is 0. The second-order valence-corrected chi connectivity index (χ2v) is 2.74. The maximum Gasteiger partial charge on any atom is 0.255 e. The minimum Gasteiger partial charge on any atom is -0.385 e. The molecule has 4 heteroatoms. The molecule has 0 bridgehead atoms. The Balaban J connectivity index is 2.88. The first-order chi connectivity index (χ1) is 6.79. The van der Waals surface area contributed by atoms with Crippen molar-refractivity contribution in [1.82, 2.24) is 5.32 Å². The predicted octanol–water partition coefficient (Wildman–Crippen LogP) is 0.798. The average Bonchev–Trinajstić information content (AvgIpc) is 2.19. The second kappa shape index (κ2) is 5.24. The first kappa shape index (κ1) is 10.5. The van der Waals surface area contributed by atoms with E-state index in [4.69, 9.17) is 5.11 Å². The van der Waals surface area contributed by atoms with E-state index in [2.05, 4.69) is 10.6 Å². The van der Waals surface area contributed by atoms with Gasteiger partial charge in [-0.05, 0) is 19.1 Å². The summed E-state index contributed by atoms with van der Waals surface area (Å²) in [4.78, 5) is 11.4. The van der Waals surface area contributed by atoms with Crippen LogP contribution in [-0.2, 0) is 0 Å². The lowest BCUT2D eigenvalue weighted by molar-refractivity contribution is 0.0911. The third-order valence-corrected chi connectivity index (χ3v) is 1.78. The van der Waals surface area contributed by atoms with Crippen LogP contribution in [0.2, 0.25) is 0 Å². The fourth-order valence-electron chi connectivity index (χ4n) is 1.19. The monoisotopic (exact) mass is 194 g/mol. The molecular formula is C10H14N2O2. The van der Waals surface area contributed by atoms with Crippen molar-refractivity contribution in [2.24, 2.45) is 0 Å². The molecule has 14 heavy (non-hydrogen) atoms. The number of hydrogen-bond acceptors (Lipinski definition) is 3. The maximum atomic E-state index is 11.4. The van der Waals surface area contributed by atoms with E-state index in [1.54, 1.807) is 12.1 Å². The highest BCUT2D eigenvalue weighted by molar-refractivity contribution is 5.99. The molecule has 0 fully saturated rings. The molecule has 1 aromatic rings. The Hall–Kier alpha value is -1.55. The van der Waals surface area contributed by atoms with Crippen LogP contribution in [0.25, 0.3) is 0 Å². The van der Waals surface area contributed by atoms with E-state index >= 15 is 0 Å². The number of aliphatic hydroxyl groups excluding tert-OH is 1. The molecule has 0 aliphatic rings. The number of para-hydroxylation sites is 1. The largest absolute Gasteiger partial charge is 0.385 e. The highest BCUT2D eigenvalue weighted by Crippen LogP contribution is 2.14. The minimum atomic E-state index is -0.348. The summed E-state index contributed by atoms with van der Waals surface area (Å²) in [6.45, 7) is 2.36. The summed E-state index contributed by atoms with van der Waals surface area (Å²) in [6, 6.07) is 7.18. The van der Waals surface area contributed by atoms with Crippen LogP contribution in [0.5, 0.6) is 0 Å². The normalized spacial score (nSPS) is 9.57. The van der Waals surface area contributed by atoms with Crippen molar-refractivity contribution in [2.75, 3.05) is 18.6 Å². The van der Waals surface area contributed by atoms with E-state index in [9.17, 15) is 4.79 Å². The van der Waals surface area contributed by atoms with Crippen LogP contribution in [0, 0.1) is 0 Å². The summed E-state index contributed by atoms with van der Waals surface area (Å²) in [5.41, 5.74) is 1.32. The Labute approximate surface area is 82.9 Å². The van der Waals surface area contributed by atoms with Crippen LogP contribution >= 0.6 is 0 Å². The van der Waals surface area contributed by atoms with Gasteiger partial charge < -0.3 is 15.7 Å². The van der Waals surface area contributed by atoms with Crippen LogP contribution in [0.15, 0.2) is 24.3 Å². The fraction of sp³-hybridized carbons (Fsp3) is 0.300. The maximum absolute atomic E-state index is 11.4. The zero-order valence-electron chi connectivity index (χ0n) is 8.08. The van der Waals surface area contributed by atoms with E-state index in [0.29, 0.717) is 5.56 Å². The Bertz CT molecular complexity index is 313. The molecule has 0 unspecified atom stereocenters. The lowest BCUT2D eigenvalue weighted by atomic mass is 10.1. The molecule has 0 saturated heterocycles. The molecule has 0 aliphatic heterocycles. The van der Waals surface area contributed by atoms with Gasteiger partial charge in [-0.1, -0.05) is 12.1 Å². The van der Waals surface area contributed by atoms with Crippen LogP contribution in [0.4, 0.5) is 5.69 Å². The van der Waals surface area contributed by atoms with Crippen molar-refractivity contribution >= 4 is 11.6 Å². The van der Waals surface area contributed by atoms with Crippen molar-refractivity contribution in [3.8, 4) is 0 Å². The van der Waals surface area contributed by atoms with Gasteiger partial charge in [-0.3, -0.25) is 4.79 Å². The van der Waals surface area contributed by atoms with Gasteiger partial charge in [0.15, 0.2) is 0 Å². The molecule has 0 radical (unpaired) electrons. The third-order valence-electron chi connectivity index (χ3n) is 1.78. The van der Waals surface area contributed by atoms with Crippen LogP contribution in [-0.4, -0.2) is 24.3 Å². The molecule has 1 aromatic carbocycles. The SMILES string of the molecule is CCNc1ccccc1C(=O)NCO. The Morgan fingerprint density at radius 1 is 1.43 bits per heavy atom. The smallest absolute Gasteiger partial charge is 0.255 e. The van der Waals surface area contributed by atoms with Gasteiger partial charge in [0, 0.05) is 12.2 Å². The summed E-state index contributed by atoms with van der Waals surface area (Å²) >= 11 is 0. The van der Waals surface area contributed by atoms with E-state index in [-0.39, 0.29) is 12.6 Å². The highest BCUT2D eigenvalue weighted by Gasteiger charge is 2.08. The van der Waals surface area contributed by atoms with Crippen LogP contribution in [0.3, 0.4) is 0 Å². The van der Waals surface area contributed by atoms with Gasteiger partial charge in [-0.15, -0.1) is 0 Å². The Kier molecular flexibility index (Phi) is 3.94. The van der Waals surface area contributed by atoms with Crippen molar-refractivity contribution in [3.63, 3.8) is 0 Å². The molecule has 1 amide bonds. The van der Waals surface area contributed by atoms with E-state index in [1.165, 1.54) is 0 Å². The molecule has 0 saturated carbocycles. The first-order valence-corrected chi connectivity index (χ1v) is 4.51. The molecular weight excluding hydrogens is 180 g/mol. The van der Waals surface area contributed by atoms with Gasteiger partial charge in [-0.25, -0.2) is 0 Å². The number of carbonyl (C=O) groups is 1. The van der Waals surface area contributed by atoms with Gasteiger partial charge in [0.05, 0.1) is 5.56 Å². The Morgan fingerprint density at radius 2 is 2.14 bits per heavy atom. The number of amides is 1. The van der Waals surface area contributed by atoms with Gasteiger partial charge >= 0.3 is 0 Å². The molecule has 0 atom stereocenters. The first-order valence-electron chi connectivity index (χ1n) is 4.51. The van der Waals surface area contributed by atoms with Crippen LogP contribution < -0.4 is 10.6 Å². The topological polar surface area (TPSA) is 61.4 Å². The van der Waals surface area contributed by atoms with Crippen molar-refractivity contribution < 1.29 is 9.90 Å². The number of carbonyl (C=O) groups excluding carboxylic acids is 1. The summed E-state index contributed by atoms with van der Waals surface area (Å²) in [6.07, 6.45) is 0. The van der Waals surface area contributed by atoms with Crippen molar-refractivity contribution in [3.05, 3.63) is 29.8 Å². The van der Waals surface area contributed by atoms with E-state index < -0.39 is 0 Å². The fourth-order valence-corrected chi connectivity index (χ4v) is 1.19. The van der Waals surface area contributed by atoms with E-state index in [0.717, 1.165) is 12.2 Å². The molecule has 0 aromatic heterocycles. The molecule has 0 spiro atoms. The number of anilines is 1. The third kappa shape index (κ3) is 2.47. The molecule has 3 N–H and O–H groups in total. The number of rotatable bonds is 4. The van der Waals surface area contributed by atoms with Crippen molar-refractivity contribution in [2.45, 2.75) is 6.92 Å². The zero-order chi connectivity index (χ0) is 10.4. The molecule has 4 nitrogen and oxygen atoms in total. The quantitative estimate of drug-likeness (QED) is 0.621. The van der Waals surface area contributed by atoms with Gasteiger partial charge in [0.1, 0.15) is 6.73 Å². The minimum absolute atomic E-state index is 0.274. The summed E-state index contributed by atoms with van der Waals surface area (Å²) in [5.74, 6) is -0.274. The number of aliphatic hydroxyl groups is 1. The lowest BCUT2D eigenvalue weighted by Crippen LogP contribution is -2.25.